The van der Waals surface area contributed by atoms with Gasteiger partial charge >= 0.3 is 0 Å². The second-order valence-corrected chi connectivity index (χ2v) is 7.88. The van der Waals surface area contributed by atoms with Crippen LogP contribution >= 0.6 is 0 Å². The summed E-state index contributed by atoms with van der Waals surface area (Å²) in [6, 6.07) is 5.35. The Hall–Kier alpha value is -1.11. The third-order valence-corrected chi connectivity index (χ3v) is 5.66. The molecular weight excluding hydrogens is 276 g/mol. The van der Waals surface area contributed by atoms with Gasteiger partial charge < -0.3 is 10.1 Å². The maximum absolute atomic E-state index is 12.7. The van der Waals surface area contributed by atoms with Gasteiger partial charge in [-0.1, -0.05) is 0 Å². The van der Waals surface area contributed by atoms with Gasteiger partial charge in [-0.25, -0.2) is 8.42 Å². The standard InChI is InChI=1S/C14H20N2O3S/c1-14(2)10-16(7-8-19-14)20(17,18)12-3-4-13-11(9-12)5-6-15-13/h3-4,9,15H,5-8,10H2,1-2H3. The molecule has 0 aromatic heterocycles. The molecule has 0 amide bonds. The van der Waals surface area contributed by atoms with E-state index in [-0.39, 0.29) is 0 Å². The highest BCUT2D eigenvalue weighted by atomic mass is 32.2. The van der Waals surface area contributed by atoms with Gasteiger partial charge in [0.25, 0.3) is 0 Å². The van der Waals surface area contributed by atoms with Gasteiger partial charge in [-0.2, -0.15) is 4.31 Å². The molecule has 5 nitrogen and oxygen atoms in total. The van der Waals surface area contributed by atoms with Crippen molar-refractivity contribution in [2.45, 2.75) is 30.8 Å². The van der Waals surface area contributed by atoms with Crippen molar-refractivity contribution in [1.29, 1.82) is 0 Å². The van der Waals surface area contributed by atoms with E-state index in [0.29, 0.717) is 24.6 Å². The van der Waals surface area contributed by atoms with Gasteiger partial charge in [-0.05, 0) is 44.0 Å². The van der Waals surface area contributed by atoms with Crippen molar-refractivity contribution in [2.75, 3.05) is 31.6 Å². The average Bonchev–Trinajstić information content (AvgIpc) is 2.84. The molecule has 0 bridgehead atoms. The van der Waals surface area contributed by atoms with Gasteiger partial charge in [0.1, 0.15) is 0 Å². The lowest BCUT2D eigenvalue weighted by Crippen LogP contribution is -2.50. The Morgan fingerprint density at radius 1 is 1.35 bits per heavy atom. The number of nitrogens with one attached hydrogen (secondary N) is 1. The van der Waals surface area contributed by atoms with Crippen LogP contribution in [0.5, 0.6) is 0 Å². The Morgan fingerprint density at radius 2 is 2.15 bits per heavy atom. The first-order valence-electron chi connectivity index (χ1n) is 6.89. The largest absolute Gasteiger partial charge is 0.384 e. The summed E-state index contributed by atoms with van der Waals surface area (Å²) in [4.78, 5) is 0.387. The summed E-state index contributed by atoms with van der Waals surface area (Å²) >= 11 is 0. The highest BCUT2D eigenvalue weighted by Gasteiger charge is 2.35. The van der Waals surface area contributed by atoms with E-state index in [9.17, 15) is 8.42 Å². The molecule has 0 unspecified atom stereocenters. The van der Waals surface area contributed by atoms with Crippen molar-refractivity contribution in [2.24, 2.45) is 0 Å². The molecule has 1 N–H and O–H groups in total. The molecule has 1 aromatic rings. The minimum Gasteiger partial charge on any atom is -0.384 e. The van der Waals surface area contributed by atoms with E-state index >= 15 is 0 Å². The lowest BCUT2D eigenvalue weighted by atomic mass is 10.1. The number of rotatable bonds is 2. The Morgan fingerprint density at radius 3 is 2.90 bits per heavy atom. The third kappa shape index (κ3) is 2.43. The summed E-state index contributed by atoms with van der Waals surface area (Å²) in [6.45, 7) is 5.97. The number of nitrogens with zero attached hydrogens (tertiary/aromatic N) is 1. The van der Waals surface area contributed by atoms with Gasteiger partial charge in [0, 0.05) is 25.3 Å². The summed E-state index contributed by atoms with van der Waals surface area (Å²) in [5.74, 6) is 0. The Bertz CT molecular complexity index is 625. The first-order valence-corrected chi connectivity index (χ1v) is 8.33. The predicted molar refractivity (Wildman–Crippen MR) is 77.4 cm³/mol. The first kappa shape index (κ1) is 13.9. The van der Waals surface area contributed by atoms with Crippen LogP contribution < -0.4 is 5.32 Å². The second-order valence-electron chi connectivity index (χ2n) is 5.94. The Labute approximate surface area is 120 Å². The zero-order chi connectivity index (χ0) is 14.4. The van der Waals surface area contributed by atoms with E-state index in [0.717, 1.165) is 24.2 Å². The highest BCUT2D eigenvalue weighted by Crippen LogP contribution is 2.28. The average molecular weight is 296 g/mol. The van der Waals surface area contributed by atoms with Gasteiger partial charge in [0.15, 0.2) is 0 Å². The number of morpholine rings is 1. The fourth-order valence-electron chi connectivity index (χ4n) is 2.77. The number of ether oxygens (including phenoxy) is 1. The molecule has 0 radical (unpaired) electrons. The van der Waals surface area contributed by atoms with E-state index < -0.39 is 15.6 Å². The minimum absolute atomic E-state index is 0.387. The maximum atomic E-state index is 12.7. The SMILES string of the molecule is CC1(C)CN(S(=O)(=O)c2ccc3c(c2)CCN3)CCO1. The summed E-state index contributed by atoms with van der Waals surface area (Å²) in [5, 5.41) is 3.24. The smallest absolute Gasteiger partial charge is 0.243 e. The number of hydrogen-bond acceptors (Lipinski definition) is 4. The molecule has 1 fully saturated rings. The molecule has 110 valence electrons. The molecule has 2 heterocycles. The molecule has 3 rings (SSSR count). The van der Waals surface area contributed by atoms with Gasteiger partial charge in [-0.3, -0.25) is 0 Å². The molecule has 6 heteroatoms. The molecule has 0 spiro atoms. The van der Waals surface area contributed by atoms with Crippen molar-refractivity contribution in [3.8, 4) is 0 Å². The van der Waals surface area contributed by atoms with E-state index in [2.05, 4.69) is 5.32 Å². The molecule has 0 saturated carbocycles. The third-order valence-electron chi connectivity index (χ3n) is 3.81. The lowest BCUT2D eigenvalue weighted by molar-refractivity contribution is -0.0640. The van der Waals surface area contributed by atoms with Crippen LogP contribution in [0.25, 0.3) is 0 Å². The first-order chi connectivity index (χ1) is 9.38. The Kier molecular flexibility index (Phi) is 3.27. The normalized spacial score (nSPS) is 22.3. The van der Waals surface area contributed by atoms with Gasteiger partial charge in [0.2, 0.25) is 10.0 Å². The zero-order valence-corrected chi connectivity index (χ0v) is 12.7. The molecule has 0 aliphatic carbocycles. The molecule has 1 saturated heterocycles. The van der Waals surface area contributed by atoms with Crippen LogP contribution in [-0.2, 0) is 21.2 Å². The maximum Gasteiger partial charge on any atom is 0.243 e. The lowest BCUT2D eigenvalue weighted by Gasteiger charge is -2.37. The number of sulfonamides is 1. The summed E-state index contributed by atoms with van der Waals surface area (Å²) in [5.41, 5.74) is 1.70. The molecule has 2 aliphatic heterocycles. The van der Waals surface area contributed by atoms with Crippen LogP contribution in [0.3, 0.4) is 0 Å². The van der Waals surface area contributed by atoms with E-state index in [1.54, 1.807) is 12.1 Å². The summed E-state index contributed by atoms with van der Waals surface area (Å²) in [6.07, 6.45) is 0.882. The van der Waals surface area contributed by atoms with Crippen molar-refractivity contribution >= 4 is 15.7 Å². The fourth-order valence-corrected chi connectivity index (χ4v) is 4.39. The van der Waals surface area contributed by atoms with E-state index in [4.69, 9.17) is 4.74 Å². The Balaban J connectivity index is 1.92. The number of hydrogen-bond donors (Lipinski definition) is 1. The molecule has 2 aliphatic rings. The topological polar surface area (TPSA) is 58.6 Å². The zero-order valence-electron chi connectivity index (χ0n) is 11.8. The minimum atomic E-state index is -3.43. The van der Waals surface area contributed by atoms with E-state index in [1.165, 1.54) is 4.31 Å². The second kappa shape index (κ2) is 4.72. The van der Waals surface area contributed by atoms with Crippen molar-refractivity contribution < 1.29 is 13.2 Å². The summed E-state index contributed by atoms with van der Waals surface area (Å²) in [7, 11) is -3.43. The van der Waals surface area contributed by atoms with Crippen molar-refractivity contribution in [3.05, 3.63) is 23.8 Å². The molecule has 20 heavy (non-hydrogen) atoms. The van der Waals surface area contributed by atoms with Crippen LogP contribution in [0.15, 0.2) is 23.1 Å². The van der Waals surface area contributed by atoms with E-state index in [1.807, 2.05) is 19.9 Å². The molecular formula is C14H20N2O3S. The molecule has 1 aromatic carbocycles. The van der Waals surface area contributed by atoms with Crippen LogP contribution in [-0.4, -0.2) is 44.6 Å². The van der Waals surface area contributed by atoms with Crippen LogP contribution in [0, 0.1) is 0 Å². The van der Waals surface area contributed by atoms with Crippen molar-refractivity contribution in [1.82, 2.24) is 4.31 Å². The monoisotopic (exact) mass is 296 g/mol. The number of anilines is 1. The fraction of sp³-hybridized carbons (Fsp3) is 0.571. The number of benzene rings is 1. The molecule has 0 atom stereocenters. The summed E-state index contributed by atoms with van der Waals surface area (Å²) < 4.78 is 32.6. The number of fused-ring (bicyclic) bond motifs is 1. The van der Waals surface area contributed by atoms with Crippen molar-refractivity contribution in [3.63, 3.8) is 0 Å². The van der Waals surface area contributed by atoms with Crippen LogP contribution in [0.1, 0.15) is 19.4 Å². The van der Waals surface area contributed by atoms with Gasteiger partial charge in [0.05, 0.1) is 17.1 Å². The van der Waals surface area contributed by atoms with Gasteiger partial charge in [-0.15, -0.1) is 0 Å². The quantitative estimate of drug-likeness (QED) is 0.897. The van der Waals surface area contributed by atoms with Crippen LogP contribution in [0.4, 0.5) is 5.69 Å². The predicted octanol–water partition coefficient (Wildman–Crippen LogP) is 1.45. The van der Waals surface area contributed by atoms with Crippen LogP contribution in [0.2, 0.25) is 0 Å². The highest BCUT2D eigenvalue weighted by molar-refractivity contribution is 7.89.